The van der Waals surface area contributed by atoms with Gasteiger partial charge in [-0.3, -0.25) is 9.59 Å². The summed E-state index contributed by atoms with van der Waals surface area (Å²) in [4.78, 5) is 24.5. The van der Waals surface area contributed by atoms with Crippen molar-refractivity contribution in [3.63, 3.8) is 0 Å². The van der Waals surface area contributed by atoms with E-state index in [0.29, 0.717) is 22.8 Å². The first-order valence-electron chi connectivity index (χ1n) is 8.65. The maximum absolute atomic E-state index is 12.6. The summed E-state index contributed by atoms with van der Waals surface area (Å²) in [6.07, 6.45) is 1.87. The summed E-state index contributed by atoms with van der Waals surface area (Å²) in [5.41, 5.74) is 2.52. The molecule has 0 unspecified atom stereocenters. The lowest BCUT2D eigenvalue weighted by Gasteiger charge is -2.09. The molecule has 1 fully saturated rings. The highest BCUT2D eigenvalue weighted by Gasteiger charge is 2.29. The first kappa shape index (κ1) is 16.9. The fourth-order valence-electron chi connectivity index (χ4n) is 2.74. The molecule has 2 N–H and O–H groups in total. The quantitative estimate of drug-likeness (QED) is 0.726. The lowest BCUT2D eigenvalue weighted by molar-refractivity contribution is -0.117. The van der Waals surface area contributed by atoms with Crippen LogP contribution in [-0.2, 0) is 11.8 Å². The Bertz CT molecular complexity index is 1010. The predicted octanol–water partition coefficient (Wildman–Crippen LogP) is 2.48. The number of aryl methyl sites for hydroxylation is 1. The number of rotatable bonds is 5. The van der Waals surface area contributed by atoms with Crippen LogP contribution in [0.25, 0.3) is 11.4 Å². The van der Waals surface area contributed by atoms with Crippen molar-refractivity contribution in [3.8, 4) is 11.4 Å². The highest BCUT2D eigenvalue weighted by atomic mass is 16.2. The van der Waals surface area contributed by atoms with Gasteiger partial charge in [0.2, 0.25) is 5.91 Å². The van der Waals surface area contributed by atoms with Crippen LogP contribution >= 0.6 is 0 Å². The summed E-state index contributed by atoms with van der Waals surface area (Å²) in [5.74, 6) is 0.472. The molecule has 1 aliphatic rings. The van der Waals surface area contributed by atoms with Crippen LogP contribution in [0.4, 0.5) is 11.4 Å². The van der Waals surface area contributed by atoms with E-state index in [-0.39, 0.29) is 17.7 Å². The summed E-state index contributed by atoms with van der Waals surface area (Å²) in [6, 6.07) is 14.2. The van der Waals surface area contributed by atoms with Crippen molar-refractivity contribution < 1.29 is 9.59 Å². The standard InChI is InChI=1S/C19H18N6O2/c1-25-17(22-23-24-25)13-4-2-6-15(10-13)21-19(27)14-5-3-7-16(11-14)20-18(26)12-8-9-12/h2-7,10-12H,8-9H2,1H3,(H,20,26)(H,21,27). The molecule has 0 aliphatic heterocycles. The molecule has 1 heterocycles. The second kappa shape index (κ2) is 6.99. The van der Waals surface area contributed by atoms with Crippen molar-refractivity contribution in [1.82, 2.24) is 20.2 Å². The molecule has 0 atom stereocenters. The monoisotopic (exact) mass is 362 g/mol. The van der Waals surface area contributed by atoms with Crippen LogP contribution in [0.15, 0.2) is 48.5 Å². The topological polar surface area (TPSA) is 102 Å². The Morgan fingerprint density at radius 2 is 1.78 bits per heavy atom. The van der Waals surface area contributed by atoms with Gasteiger partial charge in [0.15, 0.2) is 5.82 Å². The molecule has 1 aliphatic carbocycles. The zero-order valence-corrected chi connectivity index (χ0v) is 14.7. The number of amides is 2. The van der Waals surface area contributed by atoms with E-state index in [1.807, 2.05) is 18.2 Å². The van der Waals surface area contributed by atoms with Crippen LogP contribution in [-0.4, -0.2) is 32.0 Å². The van der Waals surface area contributed by atoms with E-state index >= 15 is 0 Å². The van der Waals surface area contributed by atoms with E-state index in [1.54, 1.807) is 42.1 Å². The molecule has 1 saturated carbocycles. The molecule has 0 bridgehead atoms. The minimum Gasteiger partial charge on any atom is -0.326 e. The van der Waals surface area contributed by atoms with Gasteiger partial charge in [-0.1, -0.05) is 18.2 Å². The van der Waals surface area contributed by atoms with Crippen LogP contribution in [0.5, 0.6) is 0 Å². The van der Waals surface area contributed by atoms with Crippen LogP contribution in [0.2, 0.25) is 0 Å². The van der Waals surface area contributed by atoms with Crippen molar-refractivity contribution in [2.75, 3.05) is 10.6 Å². The molecule has 3 aromatic rings. The summed E-state index contributed by atoms with van der Waals surface area (Å²) in [7, 11) is 1.75. The summed E-state index contributed by atoms with van der Waals surface area (Å²) in [5, 5.41) is 17.1. The molecule has 27 heavy (non-hydrogen) atoms. The van der Waals surface area contributed by atoms with Gasteiger partial charge in [-0.05, 0) is 53.6 Å². The van der Waals surface area contributed by atoms with Crippen molar-refractivity contribution in [1.29, 1.82) is 0 Å². The van der Waals surface area contributed by atoms with Gasteiger partial charge in [0.05, 0.1) is 0 Å². The van der Waals surface area contributed by atoms with Crippen molar-refractivity contribution in [2.45, 2.75) is 12.8 Å². The fourth-order valence-corrected chi connectivity index (χ4v) is 2.74. The minimum atomic E-state index is -0.259. The zero-order chi connectivity index (χ0) is 18.8. The molecular weight excluding hydrogens is 344 g/mol. The molecule has 2 aromatic carbocycles. The first-order chi connectivity index (χ1) is 13.1. The lowest BCUT2D eigenvalue weighted by atomic mass is 10.1. The van der Waals surface area contributed by atoms with Gasteiger partial charge < -0.3 is 10.6 Å². The molecule has 8 nitrogen and oxygen atoms in total. The lowest BCUT2D eigenvalue weighted by Crippen LogP contribution is -2.15. The van der Waals surface area contributed by atoms with Crippen LogP contribution < -0.4 is 10.6 Å². The highest BCUT2D eigenvalue weighted by Crippen LogP contribution is 2.30. The predicted molar refractivity (Wildman–Crippen MR) is 100.0 cm³/mol. The van der Waals surface area contributed by atoms with Gasteiger partial charge >= 0.3 is 0 Å². The molecule has 0 saturated heterocycles. The number of nitrogens with zero attached hydrogens (tertiary/aromatic N) is 4. The summed E-state index contributed by atoms with van der Waals surface area (Å²) >= 11 is 0. The first-order valence-corrected chi connectivity index (χ1v) is 8.65. The van der Waals surface area contributed by atoms with Gasteiger partial charge in [-0.2, -0.15) is 0 Å². The van der Waals surface area contributed by atoms with E-state index in [1.165, 1.54) is 0 Å². The molecule has 8 heteroatoms. The summed E-state index contributed by atoms with van der Waals surface area (Å²) in [6.45, 7) is 0. The molecule has 136 valence electrons. The Kier molecular flexibility index (Phi) is 4.37. The SMILES string of the molecule is Cn1nnnc1-c1cccc(NC(=O)c2cccc(NC(=O)C3CC3)c2)c1. The Morgan fingerprint density at radius 3 is 2.48 bits per heavy atom. The van der Waals surface area contributed by atoms with Crippen LogP contribution in [0, 0.1) is 5.92 Å². The number of tetrazole rings is 1. The molecule has 1 aromatic heterocycles. The number of carbonyl (C=O) groups is 2. The summed E-state index contributed by atoms with van der Waals surface area (Å²) < 4.78 is 1.56. The number of nitrogens with one attached hydrogen (secondary N) is 2. The van der Waals surface area contributed by atoms with Gasteiger partial charge in [0.1, 0.15) is 0 Å². The number of hydrogen-bond donors (Lipinski definition) is 2. The number of aromatic nitrogens is 4. The van der Waals surface area contributed by atoms with Crippen molar-refractivity contribution in [2.24, 2.45) is 13.0 Å². The van der Waals surface area contributed by atoms with Gasteiger partial charge in [0, 0.05) is 35.5 Å². The second-order valence-corrected chi connectivity index (χ2v) is 6.51. The minimum absolute atomic E-state index is 0.0116. The van der Waals surface area contributed by atoms with Crippen LogP contribution in [0.1, 0.15) is 23.2 Å². The Balaban J connectivity index is 1.49. The zero-order valence-electron chi connectivity index (χ0n) is 14.7. The average Bonchev–Trinajstić information content (AvgIpc) is 3.43. The van der Waals surface area contributed by atoms with Gasteiger partial charge in [0.25, 0.3) is 5.91 Å². The van der Waals surface area contributed by atoms with E-state index in [2.05, 4.69) is 26.2 Å². The van der Waals surface area contributed by atoms with Gasteiger partial charge in [-0.25, -0.2) is 4.68 Å². The normalized spacial score (nSPS) is 13.2. The number of carbonyl (C=O) groups excluding carboxylic acids is 2. The molecule has 0 spiro atoms. The third kappa shape index (κ3) is 3.84. The Morgan fingerprint density at radius 1 is 1.04 bits per heavy atom. The van der Waals surface area contributed by atoms with Crippen molar-refractivity contribution >= 4 is 23.2 Å². The number of benzene rings is 2. The smallest absolute Gasteiger partial charge is 0.255 e. The molecule has 4 rings (SSSR count). The van der Waals surface area contributed by atoms with E-state index in [0.717, 1.165) is 18.4 Å². The van der Waals surface area contributed by atoms with E-state index in [4.69, 9.17) is 0 Å². The Hall–Kier alpha value is -3.55. The maximum Gasteiger partial charge on any atom is 0.255 e. The number of hydrogen-bond acceptors (Lipinski definition) is 5. The molecule has 0 radical (unpaired) electrons. The molecule has 2 amide bonds. The van der Waals surface area contributed by atoms with E-state index in [9.17, 15) is 9.59 Å². The third-order valence-corrected chi connectivity index (χ3v) is 4.34. The maximum atomic E-state index is 12.6. The van der Waals surface area contributed by atoms with Crippen molar-refractivity contribution in [3.05, 3.63) is 54.1 Å². The Labute approximate surface area is 155 Å². The van der Waals surface area contributed by atoms with Gasteiger partial charge in [-0.15, -0.1) is 5.10 Å². The number of anilines is 2. The largest absolute Gasteiger partial charge is 0.326 e. The highest BCUT2D eigenvalue weighted by molar-refractivity contribution is 6.05. The van der Waals surface area contributed by atoms with Crippen LogP contribution in [0.3, 0.4) is 0 Å². The fraction of sp³-hybridized carbons (Fsp3) is 0.211. The average molecular weight is 362 g/mol. The third-order valence-electron chi connectivity index (χ3n) is 4.34. The molecular formula is C19H18N6O2. The van der Waals surface area contributed by atoms with E-state index < -0.39 is 0 Å². The second-order valence-electron chi connectivity index (χ2n) is 6.51.